The van der Waals surface area contributed by atoms with Crippen LogP contribution in [0.15, 0.2) is 35.7 Å². The zero-order valence-electron chi connectivity index (χ0n) is 9.31. The molecule has 0 bridgehead atoms. The van der Waals surface area contributed by atoms with Gasteiger partial charge in [0.25, 0.3) is 0 Å². The Labute approximate surface area is 81.4 Å². The van der Waals surface area contributed by atoms with Gasteiger partial charge in [-0.15, -0.1) is 0 Å². The Bertz CT molecular complexity index is 287. The number of allylic oxidation sites excluding steroid dienone is 4. The van der Waals surface area contributed by atoms with Crippen LogP contribution >= 0.6 is 0 Å². The van der Waals surface area contributed by atoms with Crippen LogP contribution in [0.3, 0.4) is 0 Å². The lowest BCUT2D eigenvalue weighted by Crippen LogP contribution is -2.39. The second-order valence-electron chi connectivity index (χ2n) is 4.60. The highest BCUT2D eigenvalue weighted by Gasteiger charge is 2.25. The maximum atomic E-state index is 4.05. The molecule has 72 valence electrons. The van der Waals surface area contributed by atoms with Crippen LogP contribution in [0, 0.1) is 0 Å². The maximum Gasteiger partial charge on any atom is 0.0363 e. The molecule has 1 aliphatic rings. The first-order valence-corrected chi connectivity index (χ1v) is 4.69. The molecule has 0 spiro atoms. The minimum Gasteiger partial charge on any atom is -0.340 e. The molecule has 0 saturated heterocycles. The van der Waals surface area contributed by atoms with Crippen molar-refractivity contribution < 1.29 is 0 Å². The first-order chi connectivity index (χ1) is 5.84. The van der Waals surface area contributed by atoms with Crippen molar-refractivity contribution in [2.45, 2.75) is 40.2 Å². The van der Waals surface area contributed by atoms with E-state index in [1.807, 2.05) is 0 Å². The highest BCUT2D eigenvalue weighted by molar-refractivity contribution is 5.37. The summed E-state index contributed by atoms with van der Waals surface area (Å²) in [5, 5.41) is 0. The third-order valence-electron chi connectivity index (χ3n) is 2.39. The van der Waals surface area contributed by atoms with Crippen molar-refractivity contribution in [2.75, 3.05) is 0 Å². The third-order valence-corrected chi connectivity index (χ3v) is 2.39. The molecule has 0 aromatic rings. The summed E-state index contributed by atoms with van der Waals surface area (Å²) in [7, 11) is 0. The van der Waals surface area contributed by atoms with Crippen LogP contribution < -0.4 is 0 Å². The first kappa shape index (κ1) is 10.1. The molecule has 0 fully saturated rings. The van der Waals surface area contributed by atoms with Crippen LogP contribution in [0.2, 0.25) is 0 Å². The molecule has 1 aliphatic heterocycles. The minimum atomic E-state index is 0.118. The van der Waals surface area contributed by atoms with Crippen molar-refractivity contribution in [3.8, 4) is 0 Å². The molecule has 0 aromatic heterocycles. The molecule has 13 heavy (non-hydrogen) atoms. The smallest absolute Gasteiger partial charge is 0.0363 e. The van der Waals surface area contributed by atoms with E-state index in [2.05, 4.69) is 58.2 Å². The van der Waals surface area contributed by atoms with Crippen LogP contribution in [0.4, 0.5) is 0 Å². The van der Waals surface area contributed by atoms with Crippen molar-refractivity contribution in [3.63, 3.8) is 0 Å². The van der Waals surface area contributed by atoms with E-state index in [9.17, 15) is 0 Å². The van der Waals surface area contributed by atoms with Crippen LogP contribution in [-0.4, -0.2) is 10.4 Å². The van der Waals surface area contributed by atoms with Gasteiger partial charge in [0.1, 0.15) is 0 Å². The van der Waals surface area contributed by atoms with E-state index in [1.165, 1.54) is 11.3 Å². The molecule has 0 aromatic carbocycles. The summed E-state index contributed by atoms with van der Waals surface area (Å²) in [4.78, 5) is 2.28. The van der Waals surface area contributed by atoms with Gasteiger partial charge in [-0.05, 0) is 46.3 Å². The Balaban J connectivity index is 3.11. The molecule has 1 nitrogen and oxygen atoms in total. The van der Waals surface area contributed by atoms with Gasteiger partial charge in [0, 0.05) is 16.9 Å². The molecular formula is C12H19N. The van der Waals surface area contributed by atoms with Crippen LogP contribution in [0.25, 0.3) is 0 Å². The summed E-state index contributed by atoms with van der Waals surface area (Å²) in [6.45, 7) is 14.9. The van der Waals surface area contributed by atoms with E-state index < -0.39 is 0 Å². The van der Waals surface area contributed by atoms with Crippen molar-refractivity contribution in [2.24, 2.45) is 0 Å². The molecular weight excluding hydrogens is 158 g/mol. The average Bonchev–Trinajstić information content (AvgIpc) is 1.95. The summed E-state index contributed by atoms with van der Waals surface area (Å²) in [5.41, 5.74) is 3.82. The second kappa shape index (κ2) is 3.06. The Hall–Kier alpha value is -0.980. The number of hydrogen-bond donors (Lipinski definition) is 0. The highest BCUT2D eigenvalue weighted by Crippen LogP contribution is 2.30. The van der Waals surface area contributed by atoms with E-state index in [-0.39, 0.29) is 5.54 Å². The van der Waals surface area contributed by atoms with E-state index in [4.69, 9.17) is 0 Å². The van der Waals surface area contributed by atoms with E-state index >= 15 is 0 Å². The maximum absolute atomic E-state index is 4.05. The Morgan fingerprint density at radius 2 is 1.69 bits per heavy atom. The quantitative estimate of drug-likeness (QED) is 0.547. The molecule has 0 aliphatic carbocycles. The lowest BCUT2D eigenvalue weighted by atomic mass is 9.99. The summed E-state index contributed by atoms with van der Waals surface area (Å²) >= 11 is 0. The van der Waals surface area contributed by atoms with E-state index in [0.29, 0.717) is 0 Å². The zero-order valence-corrected chi connectivity index (χ0v) is 9.31. The Morgan fingerprint density at radius 3 is 2.08 bits per heavy atom. The van der Waals surface area contributed by atoms with Gasteiger partial charge in [-0.3, -0.25) is 0 Å². The standard InChI is InChI=1S/C12H19N/c1-9-7-8-10(2)13(11(9)3)12(4,5)6/h7-8H,2H2,1,3-6H3. The number of nitrogens with zero attached hydrogens (tertiary/aromatic N) is 1. The van der Waals surface area contributed by atoms with E-state index in [0.717, 1.165) is 5.70 Å². The van der Waals surface area contributed by atoms with Crippen molar-refractivity contribution >= 4 is 0 Å². The predicted octanol–water partition coefficient (Wildman–Crippen LogP) is 3.46. The first-order valence-electron chi connectivity index (χ1n) is 4.69. The predicted molar refractivity (Wildman–Crippen MR) is 58.2 cm³/mol. The SMILES string of the molecule is C=C1C=CC(C)=C(C)N1C(C)(C)C. The molecule has 0 unspecified atom stereocenters. The molecule has 0 radical (unpaired) electrons. The largest absolute Gasteiger partial charge is 0.340 e. The molecule has 1 rings (SSSR count). The summed E-state index contributed by atoms with van der Waals surface area (Å²) < 4.78 is 0. The van der Waals surface area contributed by atoms with Crippen molar-refractivity contribution in [3.05, 3.63) is 35.7 Å². The van der Waals surface area contributed by atoms with Gasteiger partial charge < -0.3 is 4.90 Å². The van der Waals surface area contributed by atoms with Gasteiger partial charge in [0.2, 0.25) is 0 Å². The Kier molecular flexibility index (Phi) is 2.38. The topological polar surface area (TPSA) is 3.24 Å². The van der Waals surface area contributed by atoms with Crippen molar-refractivity contribution in [1.29, 1.82) is 0 Å². The molecule has 0 atom stereocenters. The minimum absolute atomic E-state index is 0.118. The fourth-order valence-corrected chi connectivity index (χ4v) is 1.74. The lowest BCUT2D eigenvalue weighted by molar-refractivity contribution is 0.241. The molecule has 1 heteroatoms. The normalized spacial score (nSPS) is 18.5. The van der Waals surface area contributed by atoms with Gasteiger partial charge in [-0.1, -0.05) is 12.7 Å². The fourth-order valence-electron chi connectivity index (χ4n) is 1.74. The average molecular weight is 177 g/mol. The fraction of sp³-hybridized carbons (Fsp3) is 0.500. The molecule has 0 amide bonds. The third kappa shape index (κ3) is 1.85. The molecule has 0 saturated carbocycles. The summed E-state index contributed by atoms with van der Waals surface area (Å²) in [5.74, 6) is 0. The second-order valence-corrected chi connectivity index (χ2v) is 4.60. The van der Waals surface area contributed by atoms with Crippen LogP contribution in [0.5, 0.6) is 0 Å². The Morgan fingerprint density at radius 1 is 1.15 bits per heavy atom. The summed E-state index contributed by atoms with van der Waals surface area (Å²) in [6.07, 6.45) is 4.20. The number of hydrogen-bond acceptors (Lipinski definition) is 1. The van der Waals surface area contributed by atoms with Gasteiger partial charge in [0.15, 0.2) is 0 Å². The van der Waals surface area contributed by atoms with Crippen LogP contribution in [-0.2, 0) is 0 Å². The van der Waals surface area contributed by atoms with Crippen molar-refractivity contribution in [1.82, 2.24) is 4.90 Å². The van der Waals surface area contributed by atoms with E-state index in [1.54, 1.807) is 0 Å². The zero-order chi connectivity index (χ0) is 10.2. The van der Waals surface area contributed by atoms with Crippen LogP contribution in [0.1, 0.15) is 34.6 Å². The van der Waals surface area contributed by atoms with Gasteiger partial charge in [-0.25, -0.2) is 0 Å². The molecule has 1 heterocycles. The summed E-state index contributed by atoms with van der Waals surface area (Å²) in [6, 6.07) is 0. The monoisotopic (exact) mass is 177 g/mol. The van der Waals surface area contributed by atoms with Gasteiger partial charge >= 0.3 is 0 Å². The van der Waals surface area contributed by atoms with Gasteiger partial charge in [0.05, 0.1) is 0 Å². The highest BCUT2D eigenvalue weighted by atomic mass is 15.2. The molecule has 0 N–H and O–H groups in total. The van der Waals surface area contributed by atoms with Gasteiger partial charge in [-0.2, -0.15) is 0 Å². The number of rotatable bonds is 0. The lowest BCUT2D eigenvalue weighted by Gasteiger charge is -2.41.